The first-order chi connectivity index (χ1) is 11.0. The number of H-pyrrole nitrogens is 1. The molecule has 0 saturated heterocycles. The molecule has 0 unspecified atom stereocenters. The number of aromatic nitrogens is 2. The summed E-state index contributed by atoms with van der Waals surface area (Å²) in [6.07, 6.45) is 7.17. The molecule has 0 radical (unpaired) electrons. The summed E-state index contributed by atoms with van der Waals surface area (Å²) >= 11 is 0. The van der Waals surface area contributed by atoms with Gasteiger partial charge in [-0.3, -0.25) is 4.79 Å². The SMILES string of the molecule is C/C(=C\C=C(/C)N/C=C(\C)c1cc2cccnc2[nH]c1=O)CO. The van der Waals surface area contributed by atoms with Crippen molar-refractivity contribution in [2.24, 2.45) is 0 Å². The largest absolute Gasteiger partial charge is 0.392 e. The third-order valence-corrected chi connectivity index (χ3v) is 3.42. The highest BCUT2D eigenvalue weighted by molar-refractivity contribution is 5.79. The van der Waals surface area contributed by atoms with Crippen LogP contribution in [0, 0.1) is 0 Å². The number of hydrogen-bond donors (Lipinski definition) is 3. The number of hydrogen-bond acceptors (Lipinski definition) is 4. The molecule has 0 aliphatic carbocycles. The molecular formula is C18H21N3O2. The lowest BCUT2D eigenvalue weighted by atomic mass is 10.1. The summed E-state index contributed by atoms with van der Waals surface area (Å²) in [5.74, 6) is 0. The fraction of sp³-hybridized carbons (Fsp3) is 0.222. The van der Waals surface area contributed by atoms with Gasteiger partial charge in [-0.15, -0.1) is 0 Å². The summed E-state index contributed by atoms with van der Waals surface area (Å²) < 4.78 is 0. The maximum absolute atomic E-state index is 12.2. The molecule has 0 amide bonds. The van der Waals surface area contributed by atoms with Crippen molar-refractivity contribution in [1.82, 2.24) is 15.3 Å². The molecule has 0 saturated carbocycles. The molecule has 2 aromatic heterocycles. The van der Waals surface area contributed by atoms with E-state index < -0.39 is 0 Å². The second kappa shape index (κ2) is 7.56. The van der Waals surface area contributed by atoms with Crippen molar-refractivity contribution in [3.05, 3.63) is 69.9 Å². The normalized spacial score (nSPS) is 13.5. The van der Waals surface area contributed by atoms with Crippen molar-refractivity contribution < 1.29 is 5.11 Å². The summed E-state index contributed by atoms with van der Waals surface area (Å²) in [4.78, 5) is 19.1. The molecule has 0 aromatic carbocycles. The smallest absolute Gasteiger partial charge is 0.257 e. The standard InChI is InChI=1S/C18H21N3O2/c1-12(11-22)6-7-14(3)20-10-13(2)16-9-15-5-4-8-19-17(15)21-18(16)23/h4-10,20,22H,11H2,1-3H3,(H,19,21,23)/b12-6+,13-10+,14-7+. The van der Waals surface area contributed by atoms with Gasteiger partial charge >= 0.3 is 0 Å². The molecular weight excluding hydrogens is 290 g/mol. The van der Waals surface area contributed by atoms with Crippen LogP contribution in [0.3, 0.4) is 0 Å². The summed E-state index contributed by atoms with van der Waals surface area (Å²) in [7, 11) is 0. The Morgan fingerprint density at radius 3 is 2.87 bits per heavy atom. The Kier molecular flexibility index (Phi) is 5.49. The molecule has 23 heavy (non-hydrogen) atoms. The van der Waals surface area contributed by atoms with E-state index in [1.54, 1.807) is 12.4 Å². The maximum Gasteiger partial charge on any atom is 0.257 e. The van der Waals surface area contributed by atoms with Gasteiger partial charge in [0.1, 0.15) is 5.65 Å². The van der Waals surface area contributed by atoms with Crippen molar-refractivity contribution >= 4 is 16.6 Å². The molecule has 2 rings (SSSR count). The van der Waals surface area contributed by atoms with Gasteiger partial charge < -0.3 is 15.4 Å². The van der Waals surface area contributed by atoms with Crippen molar-refractivity contribution in [2.45, 2.75) is 20.8 Å². The Morgan fingerprint density at radius 2 is 2.13 bits per heavy atom. The highest BCUT2D eigenvalue weighted by atomic mass is 16.3. The summed E-state index contributed by atoms with van der Waals surface area (Å²) in [5.41, 5.74) is 3.65. The van der Waals surface area contributed by atoms with E-state index >= 15 is 0 Å². The van der Waals surface area contributed by atoms with Gasteiger partial charge in [-0.05, 0) is 56.2 Å². The van der Waals surface area contributed by atoms with Crippen LogP contribution in [0.1, 0.15) is 26.3 Å². The van der Waals surface area contributed by atoms with E-state index in [1.165, 1.54) is 0 Å². The van der Waals surface area contributed by atoms with Crippen LogP contribution >= 0.6 is 0 Å². The molecule has 0 aliphatic heterocycles. The van der Waals surface area contributed by atoms with Crippen LogP contribution in [0.25, 0.3) is 16.6 Å². The number of aromatic amines is 1. The van der Waals surface area contributed by atoms with E-state index in [0.717, 1.165) is 22.2 Å². The Balaban J connectivity index is 2.24. The first-order valence-corrected chi connectivity index (χ1v) is 7.38. The molecule has 0 spiro atoms. The van der Waals surface area contributed by atoms with Crippen LogP contribution in [0.2, 0.25) is 0 Å². The van der Waals surface area contributed by atoms with Crippen LogP contribution in [-0.2, 0) is 0 Å². The molecule has 0 fully saturated rings. The molecule has 0 atom stereocenters. The fourth-order valence-electron chi connectivity index (χ4n) is 2.00. The summed E-state index contributed by atoms with van der Waals surface area (Å²) in [5, 5.41) is 13.0. The maximum atomic E-state index is 12.2. The average molecular weight is 311 g/mol. The zero-order valence-corrected chi connectivity index (χ0v) is 13.6. The Morgan fingerprint density at radius 1 is 1.35 bits per heavy atom. The zero-order valence-electron chi connectivity index (χ0n) is 13.6. The molecule has 5 heteroatoms. The van der Waals surface area contributed by atoms with Crippen LogP contribution in [0.15, 0.2) is 58.8 Å². The van der Waals surface area contributed by atoms with Gasteiger partial charge in [-0.25, -0.2) is 4.98 Å². The first-order valence-electron chi connectivity index (χ1n) is 7.38. The molecule has 0 bridgehead atoms. The van der Waals surface area contributed by atoms with Gasteiger partial charge in [0, 0.05) is 29.0 Å². The van der Waals surface area contributed by atoms with Gasteiger partial charge in [-0.1, -0.05) is 6.08 Å². The van der Waals surface area contributed by atoms with Crippen LogP contribution in [0.5, 0.6) is 0 Å². The minimum absolute atomic E-state index is 0.0408. The van der Waals surface area contributed by atoms with Gasteiger partial charge in [0.15, 0.2) is 0 Å². The van der Waals surface area contributed by atoms with E-state index in [0.29, 0.717) is 11.2 Å². The third-order valence-electron chi connectivity index (χ3n) is 3.42. The number of rotatable bonds is 5. The first kappa shape index (κ1) is 16.7. The Labute approximate surface area is 135 Å². The van der Waals surface area contributed by atoms with Crippen LogP contribution < -0.4 is 10.9 Å². The highest BCUT2D eigenvalue weighted by Crippen LogP contribution is 2.13. The number of nitrogens with one attached hydrogen (secondary N) is 2. The lowest BCUT2D eigenvalue weighted by Gasteiger charge is -2.05. The van der Waals surface area contributed by atoms with E-state index in [4.69, 9.17) is 5.11 Å². The minimum atomic E-state index is -0.163. The average Bonchev–Trinajstić information content (AvgIpc) is 2.56. The van der Waals surface area contributed by atoms with Gasteiger partial charge in [0.2, 0.25) is 0 Å². The monoisotopic (exact) mass is 311 g/mol. The zero-order chi connectivity index (χ0) is 16.8. The predicted molar refractivity (Wildman–Crippen MR) is 93.8 cm³/mol. The van der Waals surface area contributed by atoms with E-state index in [1.807, 2.05) is 51.1 Å². The molecule has 0 aliphatic rings. The Bertz CT molecular complexity index is 845. The second-order valence-electron chi connectivity index (χ2n) is 5.45. The van der Waals surface area contributed by atoms with Crippen LogP contribution in [-0.4, -0.2) is 21.7 Å². The quantitative estimate of drug-likeness (QED) is 0.742. The Hall–Kier alpha value is -2.66. The lowest BCUT2D eigenvalue weighted by Crippen LogP contribution is -2.13. The van der Waals surface area contributed by atoms with Gasteiger partial charge in [-0.2, -0.15) is 0 Å². The topological polar surface area (TPSA) is 78.0 Å². The highest BCUT2D eigenvalue weighted by Gasteiger charge is 2.05. The lowest BCUT2D eigenvalue weighted by molar-refractivity contribution is 0.331. The predicted octanol–water partition coefficient (Wildman–Crippen LogP) is 2.72. The van der Waals surface area contributed by atoms with Gasteiger partial charge in [0.25, 0.3) is 5.56 Å². The van der Waals surface area contributed by atoms with Crippen molar-refractivity contribution in [2.75, 3.05) is 6.61 Å². The number of aliphatic hydroxyl groups excluding tert-OH is 1. The molecule has 2 aromatic rings. The number of allylic oxidation sites excluding steroid dienone is 4. The number of nitrogens with zero attached hydrogens (tertiary/aromatic N) is 1. The summed E-state index contributed by atoms with van der Waals surface area (Å²) in [6, 6.07) is 5.59. The van der Waals surface area contributed by atoms with Gasteiger partial charge in [0.05, 0.1) is 6.61 Å². The van der Waals surface area contributed by atoms with E-state index in [-0.39, 0.29) is 12.2 Å². The molecule has 120 valence electrons. The minimum Gasteiger partial charge on any atom is -0.392 e. The number of pyridine rings is 2. The van der Waals surface area contributed by atoms with E-state index in [9.17, 15) is 4.79 Å². The van der Waals surface area contributed by atoms with Crippen LogP contribution in [0.4, 0.5) is 0 Å². The number of fused-ring (bicyclic) bond motifs is 1. The van der Waals surface area contributed by atoms with Crippen molar-refractivity contribution in [1.29, 1.82) is 0 Å². The second-order valence-corrected chi connectivity index (χ2v) is 5.45. The third kappa shape index (κ3) is 4.40. The fourth-order valence-corrected chi connectivity index (χ4v) is 2.00. The molecule has 2 heterocycles. The van der Waals surface area contributed by atoms with E-state index in [2.05, 4.69) is 15.3 Å². The number of aliphatic hydroxyl groups is 1. The summed E-state index contributed by atoms with van der Waals surface area (Å²) in [6.45, 7) is 5.69. The molecule has 5 nitrogen and oxygen atoms in total. The van der Waals surface area contributed by atoms with Crippen molar-refractivity contribution in [3.63, 3.8) is 0 Å². The van der Waals surface area contributed by atoms with Crippen molar-refractivity contribution in [3.8, 4) is 0 Å². The molecule has 3 N–H and O–H groups in total.